The number of aromatic nitrogens is 1. The molecule has 21 heavy (non-hydrogen) atoms. The Morgan fingerprint density at radius 2 is 2.10 bits per heavy atom. The first-order valence-electron chi connectivity index (χ1n) is 8.29. The second-order valence-electron chi connectivity index (χ2n) is 7.17. The number of hydrogen-bond donors (Lipinski definition) is 1. The number of nitrogens with two attached hydrogens (primary N) is 1. The van der Waals surface area contributed by atoms with Gasteiger partial charge in [0, 0.05) is 12.2 Å². The van der Waals surface area contributed by atoms with Crippen molar-refractivity contribution in [2.24, 2.45) is 17.6 Å². The average Bonchev–Trinajstić information content (AvgIpc) is 2.45. The Bertz CT molecular complexity index is 458. The SMILES string of the molecule is CCCOc1cncc(C(C)(C)C2CCC(C)CC2N)c1. The average molecular weight is 290 g/mol. The fourth-order valence-corrected chi connectivity index (χ4v) is 3.61. The molecule has 118 valence electrons. The van der Waals surface area contributed by atoms with Gasteiger partial charge < -0.3 is 10.5 Å². The highest BCUT2D eigenvalue weighted by molar-refractivity contribution is 5.30. The monoisotopic (exact) mass is 290 g/mol. The quantitative estimate of drug-likeness (QED) is 0.894. The molecule has 3 atom stereocenters. The Hall–Kier alpha value is -1.09. The van der Waals surface area contributed by atoms with Gasteiger partial charge >= 0.3 is 0 Å². The molecule has 2 rings (SSSR count). The van der Waals surface area contributed by atoms with Crippen LogP contribution in [0.15, 0.2) is 18.5 Å². The summed E-state index contributed by atoms with van der Waals surface area (Å²) in [4.78, 5) is 4.37. The van der Waals surface area contributed by atoms with Crippen molar-refractivity contribution in [2.45, 2.75) is 64.8 Å². The third-order valence-corrected chi connectivity index (χ3v) is 5.02. The maximum Gasteiger partial charge on any atom is 0.137 e. The molecule has 3 heteroatoms. The molecular formula is C18H30N2O. The lowest BCUT2D eigenvalue weighted by atomic mass is 9.64. The summed E-state index contributed by atoms with van der Waals surface area (Å²) in [5.41, 5.74) is 7.74. The van der Waals surface area contributed by atoms with Gasteiger partial charge in [0.2, 0.25) is 0 Å². The Morgan fingerprint density at radius 1 is 1.33 bits per heavy atom. The van der Waals surface area contributed by atoms with Crippen molar-refractivity contribution >= 4 is 0 Å². The van der Waals surface area contributed by atoms with Crippen LogP contribution in [-0.4, -0.2) is 17.6 Å². The van der Waals surface area contributed by atoms with E-state index in [1.165, 1.54) is 18.4 Å². The third-order valence-electron chi connectivity index (χ3n) is 5.02. The molecule has 0 aliphatic heterocycles. The topological polar surface area (TPSA) is 48.1 Å². The minimum Gasteiger partial charge on any atom is -0.492 e. The molecule has 1 aliphatic rings. The van der Waals surface area contributed by atoms with Crippen LogP contribution >= 0.6 is 0 Å². The Balaban J connectivity index is 2.18. The number of rotatable bonds is 5. The molecule has 3 unspecified atom stereocenters. The minimum absolute atomic E-state index is 0.0398. The van der Waals surface area contributed by atoms with E-state index in [1.54, 1.807) is 6.20 Å². The van der Waals surface area contributed by atoms with E-state index in [2.05, 4.69) is 38.7 Å². The smallest absolute Gasteiger partial charge is 0.137 e. The summed E-state index contributed by atoms with van der Waals surface area (Å²) in [7, 11) is 0. The molecular weight excluding hydrogens is 260 g/mol. The second kappa shape index (κ2) is 6.78. The van der Waals surface area contributed by atoms with Gasteiger partial charge in [0.05, 0.1) is 12.8 Å². The van der Waals surface area contributed by atoms with Crippen LogP contribution < -0.4 is 10.5 Å². The molecule has 0 aromatic carbocycles. The highest BCUT2D eigenvalue weighted by Crippen LogP contribution is 2.42. The van der Waals surface area contributed by atoms with Gasteiger partial charge in [-0.2, -0.15) is 0 Å². The highest BCUT2D eigenvalue weighted by Gasteiger charge is 2.38. The maximum atomic E-state index is 6.46. The lowest BCUT2D eigenvalue weighted by Gasteiger charge is -2.43. The van der Waals surface area contributed by atoms with Crippen LogP contribution in [-0.2, 0) is 5.41 Å². The van der Waals surface area contributed by atoms with E-state index >= 15 is 0 Å². The molecule has 1 aromatic heterocycles. The summed E-state index contributed by atoms with van der Waals surface area (Å²) in [5, 5.41) is 0. The Kier molecular flexibility index (Phi) is 5.26. The zero-order valence-electron chi connectivity index (χ0n) is 13.9. The first kappa shape index (κ1) is 16.3. The summed E-state index contributed by atoms with van der Waals surface area (Å²) in [6, 6.07) is 2.43. The van der Waals surface area contributed by atoms with Crippen LogP contribution in [0.4, 0.5) is 0 Å². The number of nitrogens with zero attached hydrogens (tertiary/aromatic N) is 1. The van der Waals surface area contributed by atoms with Crippen LogP contribution in [0.1, 0.15) is 58.9 Å². The van der Waals surface area contributed by atoms with Crippen molar-refractivity contribution in [3.63, 3.8) is 0 Å². The van der Waals surface area contributed by atoms with E-state index in [4.69, 9.17) is 10.5 Å². The van der Waals surface area contributed by atoms with Crippen LogP contribution in [0.25, 0.3) is 0 Å². The Labute approximate surface area is 129 Å². The molecule has 1 aromatic rings. The van der Waals surface area contributed by atoms with Crippen molar-refractivity contribution < 1.29 is 4.74 Å². The molecule has 3 nitrogen and oxygen atoms in total. The van der Waals surface area contributed by atoms with Crippen molar-refractivity contribution in [2.75, 3.05) is 6.61 Å². The fourth-order valence-electron chi connectivity index (χ4n) is 3.61. The number of pyridine rings is 1. The summed E-state index contributed by atoms with van der Waals surface area (Å²) in [5.74, 6) is 2.14. The molecule has 0 spiro atoms. The van der Waals surface area contributed by atoms with Crippen LogP contribution in [0.5, 0.6) is 5.75 Å². The summed E-state index contributed by atoms with van der Waals surface area (Å²) in [6.07, 6.45) is 8.41. The molecule has 1 saturated carbocycles. The van der Waals surface area contributed by atoms with Crippen molar-refractivity contribution in [3.8, 4) is 5.75 Å². The van der Waals surface area contributed by atoms with Gasteiger partial charge in [0.1, 0.15) is 5.75 Å². The Morgan fingerprint density at radius 3 is 2.76 bits per heavy atom. The first-order valence-corrected chi connectivity index (χ1v) is 8.29. The number of hydrogen-bond acceptors (Lipinski definition) is 3. The maximum absolute atomic E-state index is 6.46. The zero-order valence-corrected chi connectivity index (χ0v) is 13.9. The zero-order chi connectivity index (χ0) is 15.5. The highest BCUT2D eigenvalue weighted by atomic mass is 16.5. The van der Waals surface area contributed by atoms with Gasteiger partial charge in [-0.15, -0.1) is 0 Å². The lowest BCUT2D eigenvalue weighted by Crippen LogP contribution is -2.45. The predicted molar refractivity (Wildman–Crippen MR) is 87.5 cm³/mol. The van der Waals surface area contributed by atoms with Crippen LogP contribution in [0, 0.1) is 11.8 Å². The molecule has 0 radical (unpaired) electrons. The van der Waals surface area contributed by atoms with Crippen molar-refractivity contribution in [1.82, 2.24) is 4.98 Å². The standard InChI is InChI=1S/C18H30N2O/c1-5-8-21-15-10-14(11-20-12-15)18(3,4)16-7-6-13(2)9-17(16)19/h10-13,16-17H,5-9,19H2,1-4H3. The van der Waals surface area contributed by atoms with Crippen molar-refractivity contribution in [3.05, 3.63) is 24.0 Å². The lowest BCUT2D eigenvalue weighted by molar-refractivity contribution is 0.170. The first-order chi connectivity index (χ1) is 9.95. The van der Waals surface area contributed by atoms with E-state index in [0.717, 1.165) is 31.1 Å². The van der Waals surface area contributed by atoms with E-state index in [-0.39, 0.29) is 11.5 Å². The summed E-state index contributed by atoms with van der Waals surface area (Å²) in [6.45, 7) is 9.77. The molecule has 1 heterocycles. The van der Waals surface area contributed by atoms with E-state index < -0.39 is 0 Å². The van der Waals surface area contributed by atoms with Gasteiger partial charge in [-0.05, 0) is 48.1 Å². The third kappa shape index (κ3) is 3.76. The molecule has 2 N–H and O–H groups in total. The molecule has 1 fully saturated rings. The summed E-state index contributed by atoms with van der Waals surface area (Å²) >= 11 is 0. The van der Waals surface area contributed by atoms with Gasteiger partial charge in [0.15, 0.2) is 0 Å². The molecule has 1 aliphatic carbocycles. The number of ether oxygens (including phenoxy) is 1. The fraction of sp³-hybridized carbons (Fsp3) is 0.722. The molecule has 0 bridgehead atoms. The van der Waals surface area contributed by atoms with Gasteiger partial charge in [-0.1, -0.05) is 34.1 Å². The molecule has 0 saturated heterocycles. The van der Waals surface area contributed by atoms with Gasteiger partial charge in [-0.3, -0.25) is 4.98 Å². The van der Waals surface area contributed by atoms with Crippen LogP contribution in [0.2, 0.25) is 0 Å². The largest absolute Gasteiger partial charge is 0.492 e. The van der Waals surface area contributed by atoms with E-state index in [1.807, 2.05) is 6.20 Å². The predicted octanol–water partition coefficient (Wildman–Crippen LogP) is 3.91. The van der Waals surface area contributed by atoms with Crippen LogP contribution in [0.3, 0.4) is 0 Å². The van der Waals surface area contributed by atoms with E-state index in [0.29, 0.717) is 5.92 Å². The van der Waals surface area contributed by atoms with Crippen molar-refractivity contribution in [1.29, 1.82) is 0 Å². The second-order valence-corrected chi connectivity index (χ2v) is 7.17. The molecule has 0 amide bonds. The van der Waals surface area contributed by atoms with Gasteiger partial charge in [-0.25, -0.2) is 0 Å². The van der Waals surface area contributed by atoms with E-state index in [9.17, 15) is 0 Å². The minimum atomic E-state index is 0.0398. The normalized spacial score (nSPS) is 26.6. The summed E-state index contributed by atoms with van der Waals surface area (Å²) < 4.78 is 5.73. The van der Waals surface area contributed by atoms with Gasteiger partial charge in [0.25, 0.3) is 0 Å².